The van der Waals surface area contributed by atoms with Gasteiger partial charge in [0.1, 0.15) is 0 Å². The second-order valence-electron chi connectivity index (χ2n) is 4.65. The quantitative estimate of drug-likeness (QED) is 0.845. The van der Waals surface area contributed by atoms with Crippen molar-refractivity contribution < 1.29 is 19.1 Å². The van der Waals surface area contributed by atoms with Gasteiger partial charge in [0, 0.05) is 13.1 Å². The number of benzene rings is 1. The van der Waals surface area contributed by atoms with E-state index >= 15 is 0 Å². The normalized spacial score (nSPS) is 19.0. The van der Waals surface area contributed by atoms with Gasteiger partial charge in [0.25, 0.3) is 0 Å². The summed E-state index contributed by atoms with van der Waals surface area (Å²) in [5.74, 6) is -0.611. The molecule has 1 N–H and O–H groups in total. The van der Waals surface area contributed by atoms with E-state index in [1.807, 2.05) is 4.90 Å². The van der Waals surface area contributed by atoms with Crippen molar-refractivity contribution in [2.75, 3.05) is 38.7 Å². The zero-order valence-corrected chi connectivity index (χ0v) is 12.4. The minimum Gasteiger partial charge on any atom is -0.467 e. The topological polar surface area (TPSA) is 67.9 Å². The van der Waals surface area contributed by atoms with Crippen molar-refractivity contribution in [1.82, 2.24) is 4.90 Å². The molecule has 1 aliphatic heterocycles. The highest BCUT2D eigenvalue weighted by molar-refractivity contribution is 6.33. The summed E-state index contributed by atoms with van der Waals surface area (Å²) >= 11 is 5.99. The third kappa shape index (κ3) is 4.42. The molecule has 21 heavy (non-hydrogen) atoms. The molecule has 1 saturated heterocycles. The summed E-state index contributed by atoms with van der Waals surface area (Å²) in [5.41, 5.74) is 0.571. The number of anilines is 1. The number of nitrogens with zero attached hydrogens (tertiary/aromatic N) is 1. The molecule has 0 radical (unpaired) electrons. The molecular weight excluding hydrogens is 296 g/mol. The van der Waals surface area contributed by atoms with Crippen molar-refractivity contribution in [3.8, 4) is 0 Å². The number of carbonyl (C=O) groups excluding carboxylic acids is 2. The molecule has 0 aliphatic carbocycles. The van der Waals surface area contributed by atoms with Crippen molar-refractivity contribution in [2.24, 2.45) is 0 Å². The number of para-hydroxylation sites is 1. The van der Waals surface area contributed by atoms with Gasteiger partial charge in [-0.25, -0.2) is 4.79 Å². The van der Waals surface area contributed by atoms with Gasteiger partial charge < -0.3 is 14.8 Å². The Labute approximate surface area is 128 Å². The number of halogens is 1. The molecule has 1 atom stereocenters. The molecule has 1 fully saturated rings. The van der Waals surface area contributed by atoms with Gasteiger partial charge in [-0.2, -0.15) is 0 Å². The van der Waals surface area contributed by atoms with Crippen molar-refractivity contribution in [1.29, 1.82) is 0 Å². The molecule has 1 amide bonds. The van der Waals surface area contributed by atoms with Crippen molar-refractivity contribution in [3.05, 3.63) is 29.3 Å². The summed E-state index contributed by atoms with van der Waals surface area (Å²) in [6, 6.07) is 7.03. The highest BCUT2D eigenvalue weighted by Gasteiger charge is 2.28. The Morgan fingerprint density at radius 1 is 1.48 bits per heavy atom. The molecular formula is C14H17ClN2O4. The van der Waals surface area contributed by atoms with Crippen LogP contribution in [0.3, 0.4) is 0 Å². The monoisotopic (exact) mass is 312 g/mol. The fraction of sp³-hybridized carbons (Fsp3) is 0.429. The second-order valence-corrected chi connectivity index (χ2v) is 5.05. The number of rotatable bonds is 4. The molecule has 0 saturated carbocycles. The van der Waals surface area contributed by atoms with Crippen molar-refractivity contribution in [2.45, 2.75) is 6.10 Å². The highest BCUT2D eigenvalue weighted by Crippen LogP contribution is 2.20. The van der Waals surface area contributed by atoms with E-state index in [2.05, 4.69) is 10.1 Å². The summed E-state index contributed by atoms with van der Waals surface area (Å²) in [4.78, 5) is 25.3. The standard InChI is InChI=1S/C14H17ClN2O4/c1-20-14(19)12-8-17(6-7-21-12)9-13(18)16-11-5-3-2-4-10(11)15/h2-5,12H,6-9H2,1H3,(H,16,18). The van der Waals surface area contributed by atoms with E-state index in [0.717, 1.165) is 0 Å². The molecule has 0 bridgehead atoms. The fourth-order valence-corrected chi connectivity index (χ4v) is 2.26. The van der Waals surface area contributed by atoms with Crippen molar-refractivity contribution >= 4 is 29.2 Å². The van der Waals surface area contributed by atoms with Crippen LogP contribution in [-0.2, 0) is 19.1 Å². The number of morpholine rings is 1. The minimum atomic E-state index is -0.642. The smallest absolute Gasteiger partial charge is 0.336 e. The maximum Gasteiger partial charge on any atom is 0.336 e. The zero-order valence-electron chi connectivity index (χ0n) is 11.7. The number of carbonyl (C=O) groups is 2. The van der Waals surface area contributed by atoms with Gasteiger partial charge in [0.15, 0.2) is 6.10 Å². The Balaban J connectivity index is 1.88. The lowest BCUT2D eigenvalue weighted by atomic mass is 10.2. The SMILES string of the molecule is COC(=O)C1CN(CC(=O)Nc2ccccc2Cl)CCO1. The zero-order chi connectivity index (χ0) is 15.2. The van der Waals surface area contributed by atoms with Crippen LogP contribution in [0.4, 0.5) is 5.69 Å². The maximum atomic E-state index is 12.0. The Morgan fingerprint density at radius 2 is 2.24 bits per heavy atom. The average molecular weight is 313 g/mol. The molecule has 1 aromatic carbocycles. The highest BCUT2D eigenvalue weighted by atomic mass is 35.5. The average Bonchev–Trinajstić information content (AvgIpc) is 2.49. The summed E-state index contributed by atoms with van der Waals surface area (Å²) in [7, 11) is 1.31. The first-order chi connectivity index (χ1) is 10.1. The molecule has 1 heterocycles. The van der Waals surface area contributed by atoms with Gasteiger partial charge in [0.05, 0.1) is 31.0 Å². The third-order valence-electron chi connectivity index (χ3n) is 3.13. The molecule has 2 rings (SSSR count). The Bertz CT molecular complexity index is 523. The third-order valence-corrected chi connectivity index (χ3v) is 3.46. The molecule has 6 nitrogen and oxygen atoms in total. The molecule has 7 heteroatoms. The summed E-state index contributed by atoms with van der Waals surface area (Å²) in [5, 5.41) is 3.23. The van der Waals surface area contributed by atoms with E-state index in [-0.39, 0.29) is 12.5 Å². The Morgan fingerprint density at radius 3 is 2.95 bits per heavy atom. The van der Waals surface area contributed by atoms with Crippen LogP contribution in [0.2, 0.25) is 5.02 Å². The van der Waals surface area contributed by atoms with Crippen LogP contribution < -0.4 is 5.32 Å². The number of amides is 1. The number of esters is 1. The van der Waals surface area contributed by atoms with E-state index in [4.69, 9.17) is 16.3 Å². The number of hydrogen-bond acceptors (Lipinski definition) is 5. The van der Waals surface area contributed by atoms with E-state index in [9.17, 15) is 9.59 Å². The lowest BCUT2D eigenvalue weighted by Gasteiger charge is -2.30. The van der Waals surface area contributed by atoms with Gasteiger partial charge in [-0.3, -0.25) is 9.69 Å². The van der Waals surface area contributed by atoms with E-state index in [0.29, 0.717) is 30.4 Å². The van der Waals surface area contributed by atoms with E-state index in [1.54, 1.807) is 24.3 Å². The molecule has 0 aromatic heterocycles. The molecule has 114 valence electrons. The van der Waals surface area contributed by atoms with Crippen LogP contribution in [-0.4, -0.2) is 56.2 Å². The van der Waals surface area contributed by atoms with Crippen LogP contribution in [0.1, 0.15) is 0 Å². The predicted molar refractivity (Wildman–Crippen MR) is 78.3 cm³/mol. The largest absolute Gasteiger partial charge is 0.467 e. The van der Waals surface area contributed by atoms with E-state index < -0.39 is 12.1 Å². The molecule has 1 aromatic rings. The second kappa shape index (κ2) is 7.40. The maximum absolute atomic E-state index is 12.0. The first kappa shape index (κ1) is 15.8. The summed E-state index contributed by atoms with van der Waals surface area (Å²) in [6.45, 7) is 1.48. The minimum absolute atomic E-state index is 0.169. The van der Waals surface area contributed by atoms with Crippen LogP contribution in [0, 0.1) is 0 Å². The van der Waals surface area contributed by atoms with Gasteiger partial charge >= 0.3 is 5.97 Å². The van der Waals surface area contributed by atoms with E-state index in [1.165, 1.54) is 7.11 Å². The first-order valence-corrected chi connectivity index (χ1v) is 6.94. The molecule has 1 aliphatic rings. The molecule has 0 spiro atoms. The number of ether oxygens (including phenoxy) is 2. The van der Waals surface area contributed by atoms with Crippen LogP contribution >= 0.6 is 11.6 Å². The lowest BCUT2D eigenvalue weighted by Crippen LogP contribution is -2.48. The van der Waals surface area contributed by atoms with Gasteiger partial charge in [-0.05, 0) is 12.1 Å². The number of methoxy groups -OCH3 is 1. The van der Waals surface area contributed by atoms with Gasteiger partial charge in [0.2, 0.25) is 5.91 Å². The van der Waals surface area contributed by atoms with Gasteiger partial charge in [-0.15, -0.1) is 0 Å². The summed E-state index contributed by atoms with van der Waals surface area (Å²) < 4.78 is 9.96. The Kier molecular flexibility index (Phi) is 5.55. The van der Waals surface area contributed by atoms with Gasteiger partial charge in [-0.1, -0.05) is 23.7 Å². The predicted octanol–water partition coefficient (Wildman–Crippen LogP) is 1.15. The Hall–Kier alpha value is -1.63. The lowest BCUT2D eigenvalue weighted by molar-refractivity contribution is -0.160. The van der Waals surface area contributed by atoms with Crippen LogP contribution in [0.5, 0.6) is 0 Å². The molecule has 1 unspecified atom stereocenters. The number of nitrogens with one attached hydrogen (secondary N) is 1. The van der Waals surface area contributed by atoms with Crippen LogP contribution in [0.15, 0.2) is 24.3 Å². The summed E-state index contributed by atoms with van der Waals surface area (Å²) in [6.07, 6.45) is -0.642. The first-order valence-electron chi connectivity index (χ1n) is 6.56. The fourth-order valence-electron chi connectivity index (χ4n) is 2.08. The number of hydrogen-bond donors (Lipinski definition) is 1. The van der Waals surface area contributed by atoms with Crippen LogP contribution in [0.25, 0.3) is 0 Å². The van der Waals surface area contributed by atoms with Crippen molar-refractivity contribution in [3.63, 3.8) is 0 Å².